The number of thiazole rings is 1. The third-order valence-electron chi connectivity index (χ3n) is 4.48. The number of hydrogen-bond donors (Lipinski definition) is 2. The third-order valence-corrected chi connectivity index (χ3v) is 5.34. The molecule has 0 saturated heterocycles. The number of amidine groups is 1. The average molecular weight is 381 g/mol. The molecule has 0 spiro atoms. The fraction of sp³-hybridized carbons (Fsp3) is 0.333. The predicted octanol–water partition coefficient (Wildman–Crippen LogP) is 5.19. The summed E-state index contributed by atoms with van der Waals surface area (Å²) in [5.74, 6) is 0.328. The molecule has 1 aliphatic heterocycles. The minimum atomic E-state index is -4.37. The van der Waals surface area contributed by atoms with Crippen LogP contribution in [0.4, 0.5) is 13.2 Å². The predicted molar refractivity (Wildman–Crippen MR) is 96.3 cm³/mol. The molecule has 0 fully saturated rings. The van der Waals surface area contributed by atoms with Crippen LogP contribution in [0.2, 0.25) is 0 Å². The van der Waals surface area contributed by atoms with Gasteiger partial charge in [-0.2, -0.15) is 13.2 Å². The van der Waals surface area contributed by atoms with Crippen LogP contribution in [0.5, 0.6) is 0 Å². The summed E-state index contributed by atoms with van der Waals surface area (Å²) in [6.45, 7) is 4.28. The third kappa shape index (κ3) is 3.33. The van der Waals surface area contributed by atoms with E-state index in [4.69, 9.17) is 5.41 Å². The zero-order valence-electron chi connectivity index (χ0n) is 14.3. The Kier molecular flexibility index (Phi) is 4.79. The molecule has 138 valence electrons. The van der Waals surface area contributed by atoms with Crippen molar-refractivity contribution in [3.63, 3.8) is 0 Å². The second-order valence-corrected chi connectivity index (χ2v) is 7.03. The van der Waals surface area contributed by atoms with Crippen LogP contribution in [-0.2, 0) is 6.18 Å². The Balaban J connectivity index is 1.86. The van der Waals surface area contributed by atoms with E-state index in [9.17, 15) is 18.3 Å². The zero-order valence-corrected chi connectivity index (χ0v) is 15.1. The van der Waals surface area contributed by atoms with Gasteiger partial charge in [-0.15, -0.1) is 11.3 Å². The van der Waals surface area contributed by atoms with E-state index < -0.39 is 11.7 Å². The fourth-order valence-corrected chi connectivity index (χ4v) is 3.67. The van der Waals surface area contributed by atoms with Gasteiger partial charge in [0.15, 0.2) is 0 Å². The van der Waals surface area contributed by atoms with Gasteiger partial charge >= 0.3 is 6.18 Å². The minimum Gasteiger partial charge on any atom is -0.510 e. The molecule has 8 heteroatoms. The lowest BCUT2D eigenvalue weighted by Crippen LogP contribution is -2.34. The van der Waals surface area contributed by atoms with E-state index in [-0.39, 0.29) is 24.2 Å². The molecule has 3 rings (SSSR count). The summed E-state index contributed by atoms with van der Waals surface area (Å²) in [7, 11) is 0. The van der Waals surface area contributed by atoms with Crippen molar-refractivity contribution in [1.29, 1.82) is 5.41 Å². The van der Waals surface area contributed by atoms with E-state index in [1.807, 2.05) is 18.7 Å². The molecular formula is C18H18F3N3OS. The lowest BCUT2D eigenvalue weighted by molar-refractivity contribution is -0.137. The monoisotopic (exact) mass is 381 g/mol. The minimum absolute atomic E-state index is 0.101. The maximum absolute atomic E-state index is 12.7. The molecule has 4 nitrogen and oxygen atoms in total. The van der Waals surface area contributed by atoms with Gasteiger partial charge < -0.3 is 10.0 Å². The van der Waals surface area contributed by atoms with Gasteiger partial charge in [0.05, 0.1) is 23.4 Å². The lowest BCUT2D eigenvalue weighted by Gasteiger charge is -2.25. The molecule has 2 heterocycles. The highest BCUT2D eigenvalue weighted by Crippen LogP contribution is 2.34. The number of aliphatic hydroxyl groups excluding tert-OH is 1. The van der Waals surface area contributed by atoms with Crippen LogP contribution in [0, 0.1) is 5.41 Å². The quantitative estimate of drug-likeness (QED) is 0.766. The molecule has 1 aromatic heterocycles. The van der Waals surface area contributed by atoms with Gasteiger partial charge in [-0.3, -0.25) is 5.41 Å². The van der Waals surface area contributed by atoms with Crippen LogP contribution in [0.15, 0.2) is 35.4 Å². The molecular weight excluding hydrogens is 363 g/mol. The number of nitrogens with one attached hydrogen (secondary N) is 1. The van der Waals surface area contributed by atoms with Crippen LogP contribution in [-0.4, -0.2) is 33.4 Å². The van der Waals surface area contributed by atoms with E-state index in [0.29, 0.717) is 21.8 Å². The molecule has 0 saturated carbocycles. The van der Waals surface area contributed by atoms with Crippen LogP contribution in [0.25, 0.3) is 16.8 Å². The molecule has 0 aliphatic carbocycles. The van der Waals surface area contributed by atoms with Crippen LogP contribution in [0.3, 0.4) is 0 Å². The number of halogens is 3. The van der Waals surface area contributed by atoms with E-state index in [1.54, 1.807) is 5.38 Å². The molecule has 1 atom stereocenters. The highest BCUT2D eigenvalue weighted by molar-refractivity contribution is 7.11. The normalized spacial score (nSPS) is 16.5. The first-order chi connectivity index (χ1) is 12.2. The number of hydrogen-bond acceptors (Lipinski definition) is 4. The first-order valence-corrected chi connectivity index (χ1v) is 9.01. The van der Waals surface area contributed by atoms with E-state index in [2.05, 4.69) is 4.98 Å². The Morgan fingerprint density at radius 2 is 1.96 bits per heavy atom. The van der Waals surface area contributed by atoms with Gasteiger partial charge in [-0.05, 0) is 25.5 Å². The van der Waals surface area contributed by atoms with Crippen LogP contribution < -0.4 is 0 Å². The van der Waals surface area contributed by atoms with Crippen molar-refractivity contribution in [2.24, 2.45) is 0 Å². The Hall–Kier alpha value is -2.35. The maximum atomic E-state index is 12.7. The van der Waals surface area contributed by atoms with Gasteiger partial charge in [0.2, 0.25) is 0 Å². The lowest BCUT2D eigenvalue weighted by atomic mass is 10.1. The summed E-state index contributed by atoms with van der Waals surface area (Å²) >= 11 is 1.26. The Bertz CT molecular complexity index is 855. The van der Waals surface area contributed by atoms with E-state index in [0.717, 1.165) is 18.6 Å². The zero-order chi connectivity index (χ0) is 19.1. The van der Waals surface area contributed by atoms with Gasteiger partial charge in [-0.1, -0.05) is 19.1 Å². The molecule has 1 aromatic carbocycles. The van der Waals surface area contributed by atoms with Gasteiger partial charge in [0.1, 0.15) is 16.6 Å². The molecule has 0 amide bonds. The summed E-state index contributed by atoms with van der Waals surface area (Å²) < 4.78 is 38.0. The number of benzene rings is 1. The van der Waals surface area contributed by atoms with Gasteiger partial charge in [0.25, 0.3) is 0 Å². The van der Waals surface area contributed by atoms with Gasteiger partial charge in [-0.25, -0.2) is 4.98 Å². The van der Waals surface area contributed by atoms with Crippen molar-refractivity contribution in [2.75, 3.05) is 6.54 Å². The number of rotatable bonds is 4. The number of aromatic nitrogens is 1. The SMILES string of the molecule is CCC(C)N1CC(O)=C(c2nc(-c3ccc(C(F)(F)F)cc3)cs2)C1=N. The Morgan fingerprint density at radius 1 is 1.31 bits per heavy atom. The Morgan fingerprint density at radius 3 is 2.54 bits per heavy atom. The summed E-state index contributed by atoms with van der Waals surface area (Å²) in [4.78, 5) is 6.24. The van der Waals surface area contributed by atoms with Crippen molar-refractivity contribution < 1.29 is 18.3 Å². The number of aliphatic hydroxyl groups is 1. The first kappa shape index (κ1) is 18.4. The molecule has 0 bridgehead atoms. The van der Waals surface area contributed by atoms with E-state index in [1.165, 1.54) is 23.5 Å². The maximum Gasteiger partial charge on any atom is 0.416 e. The first-order valence-electron chi connectivity index (χ1n) is 8.13. The van der Waals surface area contributed by atoms with Crippen LogP contribution >= 0.6 is 11.3 Å². The standard InChI is InChI=1S/C18H18F3N3OS/c1-3-10(2)24-8-14(25)15(16(24)22)17-23-13(9-26-17)11-4-6-12(7-5-11)18(19,20)21/h4-7,9-10,22,25H,3,8H2,1-2H3. The second kappa shape index (κ2) is 6.75. The van der Waals surface area contributed by atoms with Crippen molar-refractivity contribution in [3.05, 3.63) is 46.0 Å². The van der Waals surface area contributed by atoms with Crippen molar-refractivity contribution >= 4 is 22.7 Å². The number of nitrogens with zero attached hydrogens (tertiary/aromatic N) is 2. The van der Waals surface area contributed by atoms with Crippen molar-refractivity contribution in [2.45, 2.75) is 32.5 Å². The van der Waals surface area contributed by atoms with E-state index >= 15 is 0 Å². The second-order valence-electron chi connectivity index (χ2n) is 6.17. The molecule has 26 heavy (non-hydrogen) atoms. The summed E-state index contributed by atoms with van der Waals surface area (Å²) in [6.07, 6.45) is -3.53. The molecule has 1 unspecified atom stereocenters. The van der Waals surface area contributed by atoms with Gasteiger partial charge in [0, 0.05) is 17.0 Å². The summed E-state index contributed by atoms with van der Waals surface area (Å²) in [5.41, 5.74) is 0.769. The summed E-state index contributed by atoms with van der Waals surface area (Å²) in [6, 6.07) is 4.92. The highest BCUT2D eigenvalue weighted by Gasteiger charge is 2.33. The molecule has 1 aliphatic rings. The van der Waals surface area contributed by atoms with Crippen molar-refractivity contribution in [1.82, 2.24) is 9.88 Å². The average Bonchev–Trinajstić information content (AvgIpc) is 3.18. The molecule has 2 N–H and O–H groups in total. The Labute approximate surface area is 153 Å². The fourth-order valence-electron chi connectivity index (χ4n) is 2.77. The smallest absolute Gasteiger partial charge is 0.416 e. The number of alkyl halides is 3. The molecule has 2 aromatic rings. The summed E-state index contributed by atoms with van der Waals surface area (Å²) in [5, 5.41) is 20.8. The molecule has 0 radical (unpaired) electrons. The largest absolute Gasteiger partial charge is 0.510 e. The van der Waals surface area contributed by atoms with Crippen LogP contribution in [0.1, 0.15) is 30.8 Å². The van der Waals surface area contributed by atoms with Crippen molar-refractivity contribution in [3.8, 4) is 11.3 Å². The topological polar surface area (TPSA) is 60.2 Å². The highest BCUT2D eigenvalue weighted by atomic mass is 32.1.